The quantitative estimate of drug-likeness (QED) is 0.545. The van der Waals surface area contributed by atoms with E-state index in [9.17, 15) is 9.59 Å². The Kier molecular flexibility index (Phi) is 8.56. The molecule has 2 heterocycles. The summed E-state index contributed by atoms with van der Waals surface area (Å²) in [6.07, 6.45) is 2.36. The zero-order valence-corrected chi connectivity index (χ0v) is 20.3. The number of carbonyl (C=O) groups is 2. The van der Waals surface area contributed by atoms with Crippen molar-refractivity contribution in [3.05, 3.63) is 35.9 Å². The molecule has 2 fully saturated rings. The number of amides is 2. The molecule has 2 saturated heterocycles. The van der Waals surface area contributed by atoms with Gasteiger partial charge in [0.05, 0.1) is 42.8 Å². The van der Waals surface area contributed by atoms with Crippen molar-refractivity contribution in [1.29, 1.82) is 0 Å². The topological polar surface area (TPSA) is 103 Å². The van der Waals surface area contributed by atoms with Gasteiger partial charge in [0.25, 0.3) is 0 Å². The van der Waals surface area contributed by atoms with E-state index in [1.165, 1.54) is 5.56 Å². The van der Waals surface area contributed by atoms with Crippen molar-refractivity contribution in [2.75, 3.05) is 26.3 Å². The lowest BCUT2D eigenvalue weighted by atomic mass is 9.75. The van der Waals surface area contributed by atoms with E-state index < -0.39 is 24.4 Å². The number of aryl methyl sites for hydroxylation is 1. The van der Waals surface area contributed by atoms with Gasteiger partial charge in [-0.3, -0.25) is 9.59 Å². The monoisotopic (exact) mass is 459 g/mol. The molecule has 1 aromatic carbocycles. The average Bonchev–Trinajstić information content (AvgIpc) is 3.01. The normalized spacial score (nSPS) is 21.5. The lowest BCUT2D eigenvalue weighted by Crippen LogP contribution is -2.54. The number of rotatable bonds is 9. The van der Waals surface area contributed by atoms with Crippen LogP contribution in [0.2, 0.25) is 0 Å². The van der Waals surface area contributed by atoms with Gasteiger partial charge in [-0.25, -0.2) is 0 Å². The molecule has 2 aliphatic rings. The minimum Gasteiger partial charge on any atom is -0.402 e. The fourth-order valence-electron chi connectivity index (χ4n) is 4.01. The molecule has 1 aromatic rings. The molecule has 2 atom stereocenters. The summed E-state index contributed by atoms with van der Waals surface area (Å²) in [6.45, 7) is 10.0. The van der Waals surface area contributed by atoms with Crippen molar-refractivity contribution in [2.45, 2.75) is 76.6 Å². The summed E-state index contributed by atoms with van der Waals surface area (Å²) in [4.78, 5) is 27.2. The predicted molar refractivity (Wildman–Crippen MR) is 127 cm³/mol. The van der Waals surface area contributed by atoms with Crippen molar-refractivity contribution in [3.63, 3.8) is 0 Å². The van der Waals surface area contributed by atoms with Gasteiger partial charge < -0.3 is 30.0 Å². The molecule has 182 valence electrons. The molecular weight excluding hydrogens is 421 g/mol. The lowest BCUT2D eigenvalue weighted by molar-refractivity contribution is -0.137. The van der Waals surface area contributed by atoms with E-state index >= 15 is 0 Å². The van der Waals surface area contributed by atoms with Crippen LogP contribution in [0.3, 0.4) is 0 Å². The fourth-order valence-corrected chi connectivity index (χ4v) is 4.01. The number of hydrogen-bond donors (Lipinski definition) is 2. The third-order valence-electron chi connectivity index (χ3n) is 6.85. The van der Waals surface area contributed by atoms with Crippen LogP contribution in [0.4, 0.5) is 0 Å². The SMILES string of the molecule is CC1(C)OB([C@H](CCCc2ccccc2)NC(=O)[C@@H](N)CC(=O)N2CCOCC2)OC1(C)C. The Morgan fingerprint density at radius 2 is 1.70 bits per heavy atom. The number of nitrogens with zero attached hydrogens (tertiary/aromatic N) is 1. The molecule has 3 N–H and O–H groups in total. The number of hydrogen-bond acceptors (Lipinski definition) is 6. The van der Waals surface area contributed by atoms with Gasteiger partial charge in [0.1, 0.15) is 0 Å². The maximum atomic E-state index is 12.9. The second-order valence-electron chi connectivity index (χ2n) is 9.92. The Morgan fingerprint density at radius 3 is 2.30 bits per heavy atom. The second-order valence-corrected chi connectivity index (χ2v) is 9.92. The van der Waals surface area contributed by atoms with Gasteiger partial charge in [0.2, 0.25) is 11.8 Å². The summed E-state index contributed by atoms with van der Waals surface area (Å²) < 4.78 is 17.7. The molecule has 0 spiro atoms. The number of ether oxygens (including phenoxy) is 1. The van der Waals surface area contributed by atoms with Crippen LogP contribution in [0.5, 0.6) is 0 Å². The minimum absolute atomic E-state index is 0.0358. The molecular formula is C24H38BN3O5. The Balaban J connectivity index is 1.61. The van der Waals surface area contributed by atoms with Crippen LogP contribution in [-0.4, -0.2) is 73.3 Å². The molecule has 33 heavy (non-hydrogen) atoms. The number of nitrogens with two attached hydrogens (primary N) is 1. The molecule has 0 unspecified atom stereocenters. The van der Waals surface area contributed by atoms with Crippen molar-refractivity contribution >= 4 is 18.9 Å². The minimum atomic E-state index is -0.931. The van der Waals surface area contributed by atoms with E-state index in [1.807, 2.05) is 45.9 Å². The highest BCUT2D eigenvalue weighted by Crippen LogP contribution is 2.38. The average molecular weight is 459 g/mol. The van der Waals surface area contributed by atoms with Gasteiger partial charge >= 0.3 is 7.12 Å². The summed E-state index contributed by atoms with van der Waals surface area (Å²) >= 11 is 0. The summed E-state index contributed by atoms with van der Waals surface area (Å²) in [5, 5.41) is 3.02. The maximum absolute atomic E-state index is 12.9. The number of morpholine rings is 1. The third-order valence-corrected chi connectivity index (χ3v) is 6.85. The van der Waals surface area contributed by atoms with Gasteiger partial charge in [-0.05, 0) is 52.5 Å². The largest absolute Gasteiger partial charge is 0.481 e. The predicted octanol–water partition coefficient (Wildman–Crippen LogP) is 1.70. The molecule has 8 nitrogen and oxygen atoms in total. The summed E-state index contributed by atoms with van der Waals surface area (Å²) in [7, 11) is -0.586. The van der Waals surface area contributed by atoms with E-state index in [0.717, 1.165) is 12.8 Å². The number of benzene rings is 1. The number of carbonyl (C=O) groups excluding carboxylic acids is 2. The van der Waals surface area contributed by atoms with Gasteiger partial charge in [-0.15, -0.1) is 0 Å². The van der Waals surface area contributed by atoms with Crippen LogP contribution < -0.4 is 11.1 Å². The first-order valence-corrected chi connectivity index (χ1v) is 11.9. The summed E-state index contributed by atoms with van der Waals surface area (Å²) in [6, 6.07) is 9.29. The molecule has 2 amide bonds. The van der Waals surface area contributed by atoms with E-state index in [1.54, 1.807) is 4.90 Å². The summed E-state index contributed by atoms with van der Waals surface area (Å²) in [5.41, 5.74) is 6.35. The van der Waals surface area contributed by atoms with Crippen molar-refractivity contribution in [1.82, 2.24) is 10.2 Å². The molecule has 3 rings (SSSR count). The van der Waals surface area contributed by atoms with E-state index in [2.05, 4.69) is 17.4 Å². The fraction of sp³-hybridized carbons (Fsp3) is 0.667. The molecule has 0 aromatic heterocycles. The van der Waals surface area contributed by atoms with Crippen molar-refractivity contribution < 1.29 is 23.6 Å². The van der Waals surface area contributed by atoms with E-state index in [4.69, 9.17) is 19.8 Å². The Hall–Kier alpha value is -1.94. The zero-order valence-electron chi connectivity index (χ0n) is 20.3. The van der Waals surface area contributed by atoms with Crippen LogP contribution in [0.15, 0.2) is 30.3 Å². The molecule has 0 bridgehead atoms. The van der Waals surface area contributed by atoms with Gasteiger partial charge in [0.15, 0.2) is 0 Å². The Labute approximate surface area is 197 Å². The second kappa shape index (κ2) is 11.0. The van der Waals surface area contributed by atoms with Gasteiger partial charge in [-0.2, -0.15) is 0 Å². The first-order valence-electron chi connectivity index (χ1n) is 11.9. The highest BCUT2D eigenvalue weighted by molar-refractivity contribution is 6.48. The highest BCUT2D eigenvalue weighted by atomic mass is 16.7. The first-order chi connectivity index (χ1) is 15.6. The first kappa shape index (κ1) is 25.7. The zero-order chi connectivity index (χ0) is 24.1. The van der Waals surface area contributed by atoms with Gasteiger partial charge in [-0.1, -0.05) is 30.3 Å². The Morgan fingerprint density at radius 1 is 1.09 bits per heavy atom. The molecule has 9 heteroatoms. The molecule has 0 aliphatic carbocycles. The van der Waals surface area contributed by atoms with Crippen LogP contribution in [0.25, 0.3) is 0 Å². The van der Waals surface area contributed by atoms with E-state index in [0.29, 0.717) is 32.7 Å². The maximum Gasteiger partial charge on any atom is 0.481 e. The number of nitrogens with one attached hydrogen (secondary N) is 1. The molecule has 0 radical (unpaired) electrons. The smallest absolute Gasteiger partial charge is 0.402 e. The van der Waals surface area contributed by atoms with E-state index in [-0.39, 0.29) is 24.2 Å². The van der Waals surface area contributed by atoms with Crippen LogP contribution in [-0.2, 0) is 30.1 Å². The Bertz CT molecular complexity index is 783. The molecule has 0 saturated carbocycles. The van der Waals surface area contributed by atoms with Crippen molar-refractivity contribution in [2.24, 2.45) is 5.73 Å². The lowest BCUT2D eigenvalue weighted by Gasteiger charge is -2.32. The molecule has 2 aliphatic heterocycles. The van der Waals surface area contributed by atoms with Crippen LogP contribution in [0.1, 0.15) is 52.5 Å². The van der Waals surface area contributed by atoms with Crippen LogP contribution in [0, 0.1) is 0 Å². The van der Waals surface area contributed by atoms with Crippen molar-refractivity contribution in [3.8, 4) is 0 Å². The standard InChI is InChI=1S/C24H38BN3O5/c1-23(2)24(3,4)33-25(32-23)20(12-8-11-18-9-6-5-7-10-18)27-22(30)19(26)17-21(29)28-13-15-31-16-14-28/h5-7,9-10,19-20H,8,11-17,26H2,1-4H3,(H,27,30)/t19-,20-/m0/s1. The van der Waals surface area contributed by atoms with Crippen LogP contribution >= 0.6 is 0 Å². The third kappa shape index (κ3) is 6.79. The summed E-state index contributed by atoms with van der Waals surface area (Å²) in [5.74, 6) is -0.861. The van der Waals surface area contributed by atoms with Gasteiger partial charge in [0, 0.05) is 13.1 Å². The highest BCUT2D eigenvalue weighted by Gasteiger charge is 2.54.